The maximum Gasteiger partial charge on any atom is 0.312 e. The van der Waals surface area contributed by atoms with Crippen molar-refractivity contribution >= 4 is 28.3 Å². The van der Waals surface area contributed by atoms with Crippen molar-refractivity contribution in [1.82, 2.24) is 10.3 Å². The number of non-ortho nitro benzene ring substituents is 1. The van der Waals surface area contributed by atoms with Gasteiger partial charge in [-0.3, -0.25) is 10.1 Å². The number of nitro groups is 1. The van der Waals surface area contributed by atoms with Crippen LogP contribution in [-0.2, 0) is 0 Å². The summed E-state index contributed by atoms with van der Waals surface area (Å²) in [4.78, 5) is 25.1. The summed E-state index contributed by atoms with van der Waals surface area (Å²) in [6.07, 6.45) is 1.50. The van der Waals surface area contributed by atoms with Crippen molar-refractivity contribution in [3.8, 4) is 0 Å². The van der Waals surface area contributed by atoms with Crippen molar-refractivity contribution in [1.29, 1.82) is 0 Å². The number of rotatable bonds is 5. The number of anilines is 1. The molecule has 8 heteroatoms. The zero-order valence-corrected chi connectivity index (χ0v) is 10.5. The molecule has 0 radical (unpaired) electrons. The summed E-state index contributed by atoms with van der Waals surface area (Å²) < 4.78 is 0. The Labute approximate surface area is 114 Å². The predicted octanol–water partition coefficient (Wildman–Crippen LogP) is 1.22. The van der Waals surface area contributed by atoms with Crippen LogP contribution in [0.15, 0.2) is 30.5 Å². The normalized spacial score (nSPS) is 10.2. The lowest BCUT2D eigenvalue weighted by atomic mass is 10.1. The maximum atomic E-state index is 10.9. The topological polar surface area (TPSA) is 123 Å². The SMILES string of the molecule is NC(=O)NCCNc1ccnc2c([N+](=O)[O-])cccc12. The van der Waals surface area contributed by atoms with Gasteiger partial charge >= 0.3 is 6.03 Å². The Bertz CT molecular complexity index is 659. The van der Waals surface area contributed by atoms with Crippen LogP contribution < -0.4 is 16.4 Å². The molecule has 4 N–H and O–H groups in total. The highest BCUT2D eigenvalue weighted by atomic mass is 16.6. The van der Waals surface area contributed by atoms with Crippen molar-refractivity contribution < 1.29 is 9.72 Å². The van der Waals surface area contributed by atoms with Crippen LogP contribution in [0, 0.1) is 10.1 Å². The van der Waals surface area contributed by atoms with E-state index in [4.69, 9.17) is 5.73 Å². The van der Waals surface area contributed by atoms with Gasteiger partial charge in [0.2, 0.25) is 0 Å². The summed E-state index contributed by atoms with van der Waals surface area (Å²) in [6.45, 7) is 0.804. The molecule has 104 valence electrons. The second-order valence-electron chi connectivity index (χ2n) is 4.01. The van der Waals surface area contributed by atoms with Crippen molar-refractivity contribution in [3.05, 3.63) is 40.6 Å². The average molecular weight is 275 g/mol. The number of nitrogens with two attached hydrogens (primary N) is 1. The molecule has 2 rings (SSSR count). The molecule has 0 aliphatic carbocycles. The van der Waals surface area contributed by atoms with Crippen LogP contribution >= 0.6 is 0 Å². The lowest BCUT2D eigenvalue weighted by Crippen LogP contribution is -2.33. The monoisotopic (exact) mass is 275 g/mol. The van der Waals surface area contributed by atoms with Gasteiger partial charge in [0, 0.05) is 36.4 Å². The average Bonchev–Trinajstić information content (AvgIpc) is 2.42. The number of carbonyl (C=O) groups excluding carboxylic acids is 1. The van der Waals surface area contributed by atoms with Gasteiger partial charge in [-0.25, -0.2) is 9.78 Å². The molecule has 1 aromatic carbocycles. The van der Waals surface area contributed by atoms with E-state index in [0.717, 1.165) is 0 Å². The van der Waals surface area contributed by atoms with Gasteiger partial charge in [0.25, 0.3) is 5.69 Å². The molecule has 1 heterocycles. The molecule has 2 aromatic rings. The van der Waals surface area contributed by atoms with E-state index >= 15 is 0 Å². The molecule has 0 unspecified atom stereocenters. The first-order chi connectivity index (χ1) is 9.59. The summed E-state index contributed by atoms with van der Waals surface area (Å²) in [5.74, 6) is 0. The Morgan fingerprint density at radius 1 is 1.35 bits per heavy atom. The van der Waals surface area contributed by atoms with Gasteiger partial charge in [-0.1, -0.05) is 12.1 Å². The van der Waals surface area contributed by atoms with Gasteiger partial charge in [0.15, 0.2) is 0 Å². The molecule has 0 saturated carbocycles. The van der Waals surface area contributed by atoms with Gasteiger partial charge in [0.1, 0.15) is 5.52 Å². The number of nitrogens with zero attached hydrogens (tertiary/aromatic N) is 2. The molecule has 0 spiro atoms. The number of hydrogen-bond acceptors (Lipinski definition) is 5. The molecular formula is C12H13N5O3. The molecule has 8 nitrogen and oxygen atoms in total. The number of primary amides is 1. The highest BCUT2D eigenvalue weighted by molar-refractivity contribution is 5.96. The Hall–Kier alpha value is -2.90. The number of amides is 2. The fourth-order valence-electron chi connectivity index (χ4n) is 1.84. The van der Waals surface area contributed by atoms with Gasteiger partial charge in [0.05, 0.1) is 4.92 Å². The van der Waals surface area contributed by atoms with E-state index in [2.05, 4.69) is 15.6 Å². The van der Waals surface area contributed by atoms with E-state index < -0.39 is 11.0 Å². The highest BCUT2D eigenvalue weighted by Gasteiger charge is 2.13. The lowest BCUT2D eigenvalue weighted by molar-refractivity contribution is -0.383. The number of benzene rings is 1. The first-order valence-corrected chi connectivity index (χ1v) is 5.89. The molecule has 2 amide bonds. The zero-order chi connectivity index (χ0) is 14.5. The minimum atomic E-state index is -0.595. The largest absolute Gasteiger partial charge is 0.383 e. The first kappa shape index (κ1) is 13.5. The van der Waals surface area contributed by atoms with Crippen LogP contribution in [0.3, 0.4) is 0 Å². The number of aromatic nitrogens is 1. The Morgan fingerprint density at radius 2 is 2.15 bits per heavy atom. The number of carbonyl (C=O) groups is 1. The summed E-state index contributed by atoms with van der Waals surface area (Å²) in [5, 5.41) is 17.1. The third-order valence-corrected chi connectivity index (χ3v) is 2.69. The number of para-hydroxylation sites is 1. The minimum absolute atomic E-state index is 0.0404. The molecule has 0 saturated heterocycles. The smallest absolute Gasteiger partial charge is 0.312 e. The van der Waals surface area contributed by atoms with Crippen molar-refractivity contribution in [2.45, 2.75) is 0 Å². The van der Waals surface area contributed by atoms with Gasteiger partial charge in [-0.05, 0) is 6.07 Å². The molecule has 1 aromatic heterocycles. The Kier molecular flexibility index (Phi) is 3.94. The molecule has 0 aliphatic rings. The van der Waals surface area contributed by atoms with Gasteiger partial charge in [-0.15, -0.1) is 0 Å². The number of hydrogen-bond donors (Lipinski definition) is 3. The number of fused-ring (bicyclic) bond motifs is 1. The number of nitro benzene ring substituents is 1. The number of pyridine rings is 1. The maximum absolute atomic E-state index is 10.9. The Balaban J connectivity index is 2.24. The standard InChI is InChI=1S/C12H13N5O3/c13-12(18)16-7-6-14-9-4-5-15-11-8(9)2-1-3-10(11)17(19)20/h1-5H,6-7H2,(H,14,15)(H3,13,16,18). The first-order valence-electron chi connectivity index (χ1n) is 5.89. The van der Waals surface area contributed by atoms with Crippen LogP contribution in [-0.4, -0.2) is 29.0 Å². The van der Waals surface area contributed by atoms with Crippen LogP contribution in [0.5, 0.6) is 0 Å². The lowest BCUT2D eigenvalue weighted by Gasteiger charge is -2.09. The van der Waals surface area contributed by atoms with Gasteiger partial charge < -0.3 is 16.4 Å². The van der Waals surface area contributed by atoms with Crippen LogP contribution in [0.2, 0.25) is 0 Å². The van der Waals surface area contributed by atoms with E-state index in [0.29, 0.717) is 29.7 Å². The quantitative estimate of drug-likeness (QED) is 0.430. The number of nitrogens with one attached hydrogen (secondary N) is 2. The van der Waals surface area contributed by atoms with E-state index in [1.165, 1.54) is 12.3 Å². The third-order valence-electron chi connectivity index (χ3n) is 2.69. The predicted molar refractivity (Wildman–Crippen MR) is 74.5 cm³/mol. The summed E-state index contributed by atoms with van der Waals surface area (Å²) in [6, 6.07) is 5.89. The van der Waals surface area contributed by atoms with Crippen LogP contribution in [0.1, 0.15) is 0 Å². The van der Waals surface area contributed by atoms with Crippen molar-refractivity contribution in [3.63, 3.8) is 0 Å². The highest BCUT2D eigenvalue weighted by Crippen LogP contribution is 2.28. The van der Waals surface area contributed by atoms with E-state index in [1.54, 1.807) is 18.2 Å². The fraction of sp³-hybridized carbons (Fsp3) is 0.167. The molecule has 0 aliphatic heterocycles. The van der Waals surface area contributed by atoms with Gasteiger partial charge in [-0.2, -0.15) is 0 Å². The van der Waals surface area contributed by atoms with Crippen LogP contribution in [0.4, 0.5) is 16.2 Å². The van der Waals surface area contributed by atoms with Crippen molar-refractivity contribution in [2.24, 2.45) is 5.73 Å². The summed E-state index contributed by atoms with van der Waals surface area (Å²) >= 11 is 0. The summed E-state index contributed by atoms with van der Waals surface area (Å²) in [5.41, 5.74) is 5.95. The molecule has 0 bridgehead atoms. The fourth-order valence-corrected chi connectivity index (χ4v) is 1.84. The van der Waals surface area contributed by atoms with Crippen molar-refractivity contribution in [2.75, 3.05) is 18.4 Å². The second kappa shape index (κ2) is 5.83. The van der Waals surface area contributed by atoms with Crippen LogP contribution in [0.25, 0.3) is 10.9 Å². The molecule has 0 atom stereocenters. The number of urea groups is 1. The molecular weight excluding hydrogens is 262 g/mol. The molecule has 0 fully saturated rings. The van der Waals surface area contributed by atoms with E-state index in [9.17, 15) is 14.9 Å². The van der Waals surface area contributed by atoms with E-state index in [-0.39, 0.29) is 5.69 Å². The molecule has 20 heavy (non-hydrogen) atoms. The Morgan fingerprint density at radius 3 is 2.85 bits per heavy atom. The summed E-state index contributed by atoms with van der Waals surface area (Å²) in [7, 11) is 0. The zero-order valence-electron chi connectivity index (χ0n) is 10.5. The second-order valence-corrected chi connectivity index (χ2v) is 4.01. The van der Waals surface area contributed by atoms with E-state index in [1.807, 2.05) is 0 Å². The third kappa shape index (κ3) is 2.91. The minimum Gasteiger partial charge on any atom is -0.383 e.